The van der Waals surface area contributed by atoms with E-state index in [1.54, 1.807) is 0 Å². The number of carbonyl (C=O) groups is 1. The van der Waals surface area contributed by atoms with Crippen molar-refractivity contribution in [2.45, 2.75) is 38.6 Å². The van der Waals surface area contributed by atoms with Crippen LogP contribution in [0.25, 0.3) is 0 Å². The molecule has 2 fully saturated rings. The predicted molar refractivity (Wildman–Crippen MR) is 96.3 cm³/mol. The lowest BCUT2D eigenvalue weighted by Crippen LogP contribution is -2.50. The molecule has 0 unspecified atom stereocenters. The second-order valence-electron chi connectivity index (χ2n) is 7.20. The number of benzene rings is 1. The fourth-order valence-corrected chi connectivity index (χ4v) is 3.69. The number of piperazine rings is 1. The summed E-state index contributed by atoms with van der Waals surface area (Å²) in [6.07, 6.45) is 2.01. The Morgan fingerprint density at radius 3 is 2.42 bits per heavy atom. The average Bonchev–Trinajstić information content (AvgIpc) is 2.61. The number of rotatable bonds is 3. The van der Waals surface area contributed by atoms with Crippen LogP contribution in [-0.4, -0.2) is 61.1 Å². The van der Waals surface area contributed by atoms with Gasteiger partial charge in [0.1, 0.15) is 0 Å². The fraction of sp³-hybridized carbons (Fsp3) is 0.632. The summed E-state index contributed by atoms with van der Waals surface area (Å²) in [5, 5.41) is 0. The van der Waals surface area contributed by atoms with Gasteiger partial charge < -0.3 is 15.4 Å². The van der Waals surface area contributed by atoms with E-state index in [2.05, 4.69) is 18.7 Å². The number of amides is 1. The first-order chi connectivity index (χ1) is 11.5. The summed E-state index contributed by atoms with van der Waals surface area (Å²) >= 11 is 0. The number of nitrogens with two attached hydrogens (primary N) is 1. The molecule has 2 aliphatic rings. The molecule has 1 amide bonds. The highest BCUT2D eigenvalue weighted by Gasteiger charge is 2.24. The molecule has 2 saturated heterocycles. The van der Waals surface area contributed by atoms with Crippen LogP contribution in [0.4, 0.5) is 5.69 Å². The maximum absolute atomic E-state index is 12.9. The SMILES string of the molecule is CC(C)N1CCN(C(=O)c2cc(N)cc(C3CCOCC3)c2)CC1. The third-order valence-corrected chi connectivity index (χ3v) is 5.25. The van der Waals surface area contributed by atoms with E-state index in [0.717, 1.165) is 57.8 Å². The summed E-state index contributed by atoms with van der Waals surface area (Å²) in [5.41, 5.74) is 8.68. The smallest absolute Gasteiger partial charge is 0.254 e. The van der Waals surface area contributed by atoms with Crippen molar-refractivity contribution < 1.29 is 9.53 Å². The zero-order valence-corrected chi connectivity index (χ0v) is 14.8. The lowest BCUT2D eigenvalue weighted by Gasteiger charge is -2.37. The van der Waals surface area contributed by atoms with Gasteiger partial charge in [0, 0.05) is 56.7 Å². The molecule has 3 rings (SSSR count). The predicted octanol–water partition coefficient (Wildman–Crippen LogP) is 2.33. The van der Waals surface area contributed by atoms with Gasteiger partial charge >= 0.3 is 0 Å². The normalized spacial score (nSPS) is 20.5. The van der Waals surface area contributed by atoms with Crippen molar-refractivity contribution in [1.82, 2.24) is 9.80 Å². The molecule has 24 heavy (non-hydrogen) atoms. The van der Waals surface area contributed by atoms with Crippen molar-refractivity contribution in [3.63, 3.8) is 0 Å². The first-order valence-electron chi connectivity index (χ1n) is 9.06. The van der Waals surface area contributed by atoms with Crippen LogP contribution in [0.1, 0.15) is 48.5 Å². The lowest BCUT2D eigenvalue weighted by atomic mass is 9.90. The first-order valence-corrected chi connectivity index (χ1v) is 9.06. The molecule has 2 aliphatic heterocycles. The Hall–Kier alpha value is -1.59. The Balaban J connectivity index is 1.72. The van der Waals surface area contributed by atoms with Gasteiger partial charge in [-0.3, -0.25) is 9.69 Å². The topological polar surface area (TPSA) is 58.8 Å². The molecule has 0 saturated carbocycles. The molecule has 0 aliphatic carbocycles. The molecular formula is C19H29N3O2. The highest BCUT2D eigenvalue weighted by Crippen LogP contribution is 2.29. The minimum absolute atomic E-state index is 0.110. The first kappa shape index (κ1) is 17.2. The summed E-state index contributed by atoms with van der Waals surface area (Å²) in [6.45, 7) is 9.46. The molecule has 1 aromatic rings. The Kier molecular flexibility index (Phi) is 5.41. The van der Waals surface area contributed by atoms with Crippen molar-refractivity contribution in [1.29, 1.82) is 0 Å². The third-order valence-electron chi connectivity index (χ3n) is 5.25. The summed E-state index contributed by atoms with van der Waals surface area (Å²) < 4.78 is 5.44. The highest BCUT2D eigenvalue weighted by atomic mass is 16.5. The molecule has 0 spiro atoms. The molecule has 0 atom stereocenters. The van der Waals surface area contributed by atoms with Crippen LogP contribution in [0.3, 0.4) is 0 Å². The van der Waals surface area contributed by atoms with Gasteiger partial charge in [-0.1, -0.05) is 0 Å². The molecule has 0 aromatic heterocycles. The van der Waals surface area contributed by atoms with E-state index in [-0.39, 0.29) is 5.91 Å². The average molecular weight is 331 g/mol. The minimum Gasteiger partial charge on any atom is -0.399 e. The number of nitrogen functional groups attached to an aromatic ring is 1. The summed E-state index contributed by atoms with van der Waals surface area (Å²) in [7, 11) is 0. The summed E-state index contributed by atoms with van der Waals surface area (Å²) in [6, 6.07) is 6.42. The van der Waals surface area contributed by atoms with Crippen LogP contribution in [0.15, 0.2) is 18.2 Å². The molecule has 0 bridgehead atoms. The standard InChI is InChI=1S/C19H29N3O2/c1-14(2)21-5-7-22(8-6-21)19(23)17-11-16(12-18(20)13-17)15-3-9-24-10-4-15/h11-15H,3-10,20H2,1-2H3. The van der Waals surface area contributed by atoms with E-state index in [1.165, 1.54) is 5.56 Å². The quantitative estimate of drug-likeness (QED) is 0.864. The van der Waals surface area contributed by atoms with Gasteiger partial charge in [0.05, 0.1) is 0 Å². The van der Waals surface area contributed by atoms with Crippen LogP contribution in [0.2, 0.25) is 0 Å². The summed E-state index contributed by atoms with van der Waals surface area (Å²) in [4.78, 5) is 17.3. The van der Waals surface area contributed by atoms with Crippen LogP contribution >= 0.6 is 0 Å². The van der Waals surface area contributed by atoms with Gasteiger partial charge in [-0.05, 0) is 56.4 Å². The maximum Gasteiger partial charge on any atom is 0.254 e. The molecule has 0 radical (unpaired) electrons. The maximum atomic E-state index is 12.9. The van der Waals surface area contributed by atoms with E-state index < -0.39 is 0 Å². The van der Waals surface area contributed by atoms with Crippen molar-refractivity contribution in [2.24, 2.45) is 0 Å². The van der Waals surface area contributed by atoms with E-state index >= 15 is 0 Å². The van der Waals surface area contributed by atoms with Gasteiger partial charge in [-0.25, -0.2) is 0 Å². The van der Waals surface area contributed by atoms with E-state index in [4.69, 9.17) is 10.5 Å². The van der Waals surface area contributed by atoms with Crippen molar-refractivity contribution in [3.8, 4) is 0 Å². The van der Waals surface area contributed by atoms with Gasteiger partial charge in [-0.2, -0.15) is 0 Å². The van der Waals surface area contributed by atoms with Gasteiger partial charge in [0.15, 0.2) is 0 Å². The van der Waals surface area contributed by atoms with Crippen molar-refractivity contribution in [2.75, 3.05) is 45.1 Å². The Morgan fingerprint density at radius 2 is 1.79 bits per heavy atom. The second-order valence-corrected chi connectivity index (χ2v) is 7.20. The van der Waals surface area contributed by atoms with Crippen molar-refractivity contribution in [3.05, 3.63) is 29.3 Å². The molecule has 5 nitrogen and oxygen atoms in total. The van der Waals surface area contributed by atoms with E-state index in [1.807, 2.05) is 23.1 Å². The third kappa shape index (κ3) is 3.90. The molecule has 1 aromatic carbocycles. The van der Waals surface area contributed by atoms with Crippen LogP contribution in [-0.2, 0) is 4.74 Å². The number of hydrogen-bond donors (Lipinski definition) is 1. The Labute approximate surface area is 144 Å². The largest absolute Gasteiger partial charge is 0.399 e. The lowest BCUT2D eigenvalue weighted by molar-refractivity contribution is 0.0595. The second kappa shape index (κ2) is 7.53. The zero-order chi connectivity index (χ0) is 17.1. The number of carbonyl (C=O) groups excluding carboxylic acids is 1. The molecule has 132 valence electrons. The van der Waals surface area contributed by atoms with Crippen LogP contribution < -0.4 is 5.73 Å². The number of anilines is 1. The Bertz CT molecular complexity index is 574. The monoisotopic (exact) mass is 331 g/mol. The summed E-state index contributed by atoms with van der Waals surface area (Å²) in [5.74, 6) is 0.561. The van der Waals surface area contributed by atoms with Crippen molar-refractivity contribution >= 4 is 11.6 Å². The number of ether oxygens (including phenoxy) is 1. The van der Waals surface area contributed by atoms with E-state index in [0.29, 0.717) is 17.6 Å². The fourth-order valence-electron chi connectivity index (χ4n) is 3.69. The van der Waals surface area contributed by atoms with Gasteiger partial charge in [0.25, 0.3) is 5.91 Å². The number of nitrogens with zero attached hydrogens (tertiary/aromatic N) is 2. The zero-order valence-electron chi connectivity index (χ0n) is 14.8. The van der Waals surface area contributed by atoms with E-state index in [9.17, 15) is 4.79 Å². The molecular weight excluding hydrogens is 302 g/mol. The molecule has 5 heteroatoms. The molecule has 2 heterocycles. The van der Waals surface area contributed by atoms with Crippen LogP contribution in [0, 0.1) is 0 Å². The number of hydrogen-bond acceptors (Lipinski definition) is 4. The Morgan fingerprint density at radius 1 is 1.12 bits per heavy atom. The van der Waals surface area contributed by atoms with Crippen LogP contribution in [0.5, 0.6) is 0 Å². The van der Waals surface area contributed by atoms with Gasteiger partial charge in [0.2, 0.25) is 0 Å². The van der Waals surface area contributed by atoms with Gasteiger partial charge in [-0.15, -0.1) is 0 Å². The molecule has 2 N–H and O–H groups in total. The highest BCUT2D eigenvalue weighted by molar-refractivity contribution is 5.95. The minimum atomic E-state index is 0.110.